The van der Waals surface area contributed by atoms with Crippen molar-refractivity contribution in [1.29, 1.82) is 0 Å². The molecule has 2 bridgehead atoms. The van der Waals surface area contributed by atoms with E-state index in [4.69, 9.17) is 9.47 Å². The Hall–Kier alpha value is -5.16. The number of aliphatic hydroxyl groups is 1. The Labute approximate surface area is 297 Å². The van der Waals surface area contributed by atoms with Gasteiger partial charge in [0.1, 0.15) is 24.2 Å². The summed E-state index contributed by atoms with van der Waals surface area (Å²) in [6.07, 6.45) is 1.61. The molecule has 0 unspecified atom stereocenters. The van der Waals surface area contributed by atoms with Crippen molar-refractivity contribution in [3.8, 4) is 11.5 Å². The lowest BCUT2D eigenvalue weighted by Crippen LogP contribution is -2.52. The van der Waals surface area contributed by atoms with Crippen LogP contribution in [0.3, 0.4) is 0 Å². The van der Waals surface area contributed by atoms with Gasteiger partial charge in [-0.05, 0) is 96.9 Å². The monoisotopic (exact) mass is 688 g/mol. The third kappa shape index (κ3) is 8.42. The quantitative estimate of drug-likeness (QED) is 0.101. The molecule has 10 heteroatoms. The van der Waals surface area contributed by atoms with Crippen LogP contribution in [0.4, 0.5) is 4.79 Å². The number of pyridine rings is 1. The summed E-state index contributed by atoms with van der Waals surface area (Å²) in [5.41, 5.74) is 4.66. The van der Waals surface area contributed by atoms with Gasteiger partial charge in [0.15, 0.2) is 0 Å². The zero-order valence-corrected chi connectivity index (χ0v) is 28.5. The molecule has 51 heavy (non-hydrogen) atoms. The number of nitrogens with one attached hydrogen (secondary N) is 3. The maximum atomic E-state index is 13.2. The number of alkyl carbamates (subject to hydrolysis) is 1. The first-order valence-electron chi connectivity index (χ1n) is 17.7. The van der Waals surface area contributed by atoms with Gasteiger partial charge in [-0.2, -0.15) is 0 Å². The summed E-state index contributed by atoms with van der Waals surface area (Å²) in [7, 11) is 0. The summed E-state index contributed by atoms with van der Waals surface area (Å²) >= 11 is 0. The Balaban J connectivity index is 0.939. The number of aromatic nitrogens is 1. The van der Waals surface area contributed by atoms with Crippen LogP contribution in [0.25, 0.3) is 10.9 Å². The van der Waals surface area contributed by atoms with Gasteiger partial charge < -0.3 is 35.3 Å². The molecule has 3 fully saturated rings. The fraction of sp³-hybridized carbons (Fsp3) is 0.317. The molecule has 5 aromatic rings. The highest BCUT2D eigenvalue weighted by Gasteiger charge is 2.37. The largest absolute Gasteiger partial charge is 0.506 e. The summed E-state index contributed by atoms with van der Waals surface area (Å²) in [6.45, 7) is 4.32. The van der Waals surface area contributed by atoms with E-state index in [1.165, 1.54) is 12.1 Å². The number of benzene rings is 4. The number of H-pyrrole nitrogens is 1. The topological polar surface area (TPSA) is 136 Å². The number of carbonyl (C=O) groups excluding carboxylic acids is 1. The van der Waals surface area contributed by atoms with Gasteiger partial charge >= 0.3 is 6.09 Å². The zero-order valence-electron chi connectivity index (χ0n) is 28.5. The maximum absolute atomic E-state index is 13.2. The molecule has 3 aliphatic heterocycles. The Kier molecular flexibility index (Phi) is 10.6. The number of hydrogen-bond donors (Lipinski definition) is 5. The summed E-state index contributed by atoms with van der Waals surface area (Å²) < 4.78 is 12.2. The molecule has 3 atom stereocenters. The molecule has 8 rings (SSSR count). The van der Waals surface area contributed by atoms with Gasteiger partial charge in [0.2, 0.25) is 5.56 Å². The SMILES string of the molecule is O=C(N[C@@H](c1ccccc1)c1cccc(OCc2cccc(CCNC[C@H](O)c3ccc(O)c4[nH]c(=O)ccc34)c2)c1)O[C@H]1CN2CCC1CC2. The Bertz CT molecular complexity index is 2010. The number of aliphatic hydroxyl groups excluding tert-OH is 1. The van der Waals surface area contributed by atoms with Crippen LogP contribution in [0.1, 0.15) is 52.8 Å². The number of phenols is 1. The van der Waals surface area contributed by atoms with Crippen LogP contribution in [0.2, 0.25) is 0 Å². The van der Waals surface area contributed by atoms with Gasteiger partial charge in [-0.1, -0.05) is 72.8 Å². The average Bonchev–Trinajstić information content (AvgIpc) is 3.16. The second-order valence-corrected chi connectivity index (χ2v) is 13.5. The van der Waals surface area contributed by atoms with Crippen molar-refractivity contribution in [2.45, 2.75) is 44.1 Å². The fourth-order valence-corrected chi connectivity index (χ4v) is 7.29. The first-order valence-corrected chi connectivity index (χ1v) is 17.7. The number of rotatable bonds is 13. The number of carbonyl (C=O) groups is 1. The normalized spacial score (nSPS) is 19.4. The van der Waals surface area contributed by atoms with E-state index in [-0.39, 0.29) is 17.4 Å². The molecule has 0 aliphatic carbocycles. The van der Waals surface area contributed by atoms with Crippen LogP contribution < -0.4 is 20.9 Å². The van der Waals surface area contributed by atoms with Crippen molar-refractivity contribution in [2.24, 2.45) is 5.92 Å². The molecule has 0 radical (unpaired) electrons. The molecule has 10 nitrogen and oxygen atoms in total. The lowest BCUT2D eigenvalue weighted by molar-refractivity contribution is -0.0336. The molecule has 1 aromatic heterocycles. The zero-order chi connectivity index (χ0) is 35.2. The van der Waals surface area contributed by atoms with Crippen molar-refractivity contribution >= 4 is 17.0 Å². The van der Waals surface area contributed by atoms with Crippen LogP contribution in [0, 0.1) is 5.92 Å². The number of nitrogens with zero attached hydrogens (tertiary/aromatic N) is 1. The van der Waals surface area contributed by atoms with Crippen LogP contribution in [0.5, 0.6) is 11.5 Å². The Morgan fingerprint density at radius 3 is 2.49 bits per heavy atom. The number of phenolic OH excluding ortho intramolecular Hbond substituents is 1. The van der Waals surface area contributed by atoms with Gasteiger partial charge in [0, 0.05) is 24.5 Å². The molecule has 264 valence electrons. The van der Waals surface area contributed by atoms with Crippen molar-refractivity contribution in [1.82, 2.24) is 20.5 Å². The summed E-state index contributed by atoms with van der Waals surface area (Å²) in [6, 6.07) is 31.7. The molecule has 4 aromatic carbocycles. The van der Waals surface area contributed by atoms with Crippen molar-refractivity contribution in [3.63, 3.8) is 0 Å². The van der Waals surface area contributed by atoms with E-state index in [0.29, 0.717) is 47.8 Å². The minimum atomic E-state index is -0.818. The van der Waals surface area contributed by atoms with Crippen LogP contribution in [-0.2, 0) is 17.8 Å². The molecule has 0 saturated carbocycles. The van der Waals surface area contributed by atoms with Crippen LogP contribution in [-0.4, -0.2) is 65.0 Å². The standard InChI is InChI=1S/C41H44N4O6/c46-35-14-12-33(34-13-15-38(48)43-40(34)35)36(47)24-42-19-16-27-6-4-7-28(22-27)26-50-32-11-5-10-31(23-32)39(30-8-2-1-3-9-30)44-41(49)51-37-25-45-20-17-29(37)18-21-45/h1-15,22-23,29,36-37,39,42,46-47H,16-21,24-26H2,(H,43,48)(H,44,49)/t36-,37-,39-/m0/s1. The van der Waals surface area contributed by atoms with E-state index in [9.17, 15) is 19.8 Å². The molecule has 0 spiro atoms. The first kappa shape index (κ1) is 34.3. The van der Waals surface area contributed by atoms with E-state index < -0.39 is 18.2 Å². The highest BCUT2D eigenvalue weighted by atomic mass is 16.6. The second-order valence-electron chi connectivity index (χ2n) is 13.5. The third-order valence-electron chi connectivity index (χ3n) is 10.0. The highest BCUT2D eigenvalue weighted by Crippen LogP contribution is 2.31. The van der Waals surface area contributed by atoms with E-state index in [2.05, 4.69) is 32.7 Å². The molecule has 3 saturated heterocycles. The summed E-state index contributed by atoms with van der Waals surface area (Å²) in [4.78, 5) is 29.9. The fourth-order valence-electron chi connectivity index (χ4n) is 7.29. The van der Waals surface area contributed by atoms with Crippen molar-refractivity contribution in [3.05, 3.63) is 141 Å². The number of aromatic hydroxyl groups is 1. The van der Waals surface area contributed by atoms with Gasteiger partial charge in [-0.15, -0.1) is 0 Å². The predicted molar refractivity (Wildman–Crippen MR) is 196 cm³/mol. The van der Waals surface area contributed by atoms with Gasteiger partial charge in [-0.25, -0.2) is 4.79 Å². The van der Waals surface area contributed by atoms with Crippen LogP contribution in [0.15, 0.2) is 108 Å². The molecule has 3 aliphatic rings. The van der Waals surface area contributed by atoms with Crippen molar-refractivity contribution in [2.75, 3.05) is 32.7 Å². The Morgan fingerprint density at radius 1 is 0.902 bits per heavy atom. The number of piperidine rings is 3. The van der Waals surface area contributed by atoms with E-state index in [0.717, 1.165) is 61.2 Å². The summed E-state index contributed by atoms with van der Waals surface area (Å²) in [5, 5.41) is 28.1. The second kappa shape index (κ2) is 15.8. The molecular weight excluding hydrogens is 644 g/mol. The first-order chi connectivity index (χ1) is 24.9. The van der Waals surface area contributed by atoms with E-state index >= 15 is 0 Å². The Morgan fingerprint density at radius 2 is 1.69 bits per heavy atom. The molecule has 4 heterocycles. The predicted octanol–water partition coefficient (Wildman–Crippen LogP) is 5.59. The number of amides is 1. The average molecular weight is 689 g/mol. The van der Waals surface area contributed by atoms with E-state index in [1.54, 1.807) is 12.1 Å². The number of ether oxygens (including phenoxy) is 2. The molecule has 5 N–H and O–H groups in total. The lowest BCUT2D eigenvalue weighted by atomic mass is 9.86. The third-order valence-corrected chi connectivity index (χ3v) is 10.0. The van der Waals surface area contributed by atoms with Gasteiger partial charge in [0.05, 0.1) is 17.7 Å². The highest BCUT2D eigenvalue weighted by molar-refractivity contribution is 5.87. The van der Waals surface area contributed by atoms with Gasteiger partial charge in [0.25, 0.3) is 0 Å². The summed E-state index contributed by atoms with van der Waals surface area (Å²) in [5.74, 6) is 1.10. The number of fused-ring (bicyclic) bond motifs is 4. The number of hydrogen-bond acceptors (Lipinski definition) is 8. The molecular formula is C41H44N4O6. The van der Waals surface area contributed by atoms with Gasteiger partial charge in [-0.3, -0.25) is 9.69 Å². The maximum Gasteiger partial charge on any atom is 0.408 e. The van der Waals surface area contributed by atoms with Crippen LogP contribution >= 0.6 is 0 Å². The smallest absolute Gasteiger partial charge is 0.408 e. The van der Waals surface area contributed by atoms with E-state index in [1.807, 2.05) is 66.7 Å². The van der Waals surface area contributed by atoms with Crippen molar-refractivity contribution < 1.29 is 24.5 Å². The number of aromatic amines is 1. The minimum Gasteiger partial charge on any atom is -0.506 e. The lowest BCUT2D eigenvalue weighted by Gasteiger charge is -2.43. The molecule has 1 amide bonds. The minimum absolute atomic E-state index is 0.0341.